The molecule has 7 nitrogen and oxygen atoms in total. The predicted molar refractivity (Wildman–Crippen MR) is 65.5 cm³/mol. The minimum absolute atomic E-state index is 0.112. The molecular weight excluding hydrogens is 238 g/mol. The van der Waals surface area contributed by atoms with Crippen molar-refractivity contribution in [2.24, 2.45) is 11.8 Å². The van der Waals surface area contributed by atoms with Crippen LogP contribution in [-0.2, 0) is 11.3 Å². The number of aromatic nitrogens is 3. The van der Waals surface area contributed by atoms with Crippen molar-refractivity contribution in [1.82, 2.24) is 14.8 Å². The number of H-pyrrole nitrogens is 2. The smallest absolute Gasteiger partial charge is 0.344 e. The van der Waals surface area contributed by atoms with Crippen LogP contribution in [0, 0.1) is 11.8 Å². The van der Waals surface area contributed by atoms with E-state index in [0.717, 1.165) is 4.57 Å². The Hall–Kier alpha value is -1.79. The second-order valence-electron chi connectivity index (χ2n) is 4.74. The van der Waals surface area contributed by atoms with E-state index in [0.29, 0.717) is 25.3 Å². The van der Waals surface area contributed by atoms with Gasteiger partial charge in [0.1, 0.15) is 0 Å². The van der Waals surface area contributed by atoms with Crippen LogP contribution in [0.4, 0.5) is 0 Å². The molecule has 0 aliphatic carbocycles. The van der Waals surface area contributed by atoms with Gasteiger partial charge in [-0.25, -0.2) is 24.4 Å². The number of carbonyl (C=O) groups is 1. The van der Waals surface area contributed by atoms with Gasteiger partial charge in [0, 0.05) is 13.0 Å². The van der Waals surface area contributed by atoms with E-state index in [1.165, 1.54) is 0 Å². The molecule has 0 bridgehead atoms. The molecule has 1 rings (SSSR count). The van der Waals surface area contributed by atoms with E-state index in [4.69, 9.17) is 5.11 Å². The molecule has 0 aliphatic rings. The van der Waals surface area contributed by atoms with Crippen LogP contribution in [0.5, 0.6) is 0 Å². The van der Waals surface area contributed by atoms with Crippen molar-refractivity contribution in [2.45, 2.75) is 39.7 Å². The molecule has 1 aromatic rings. The Balaban J connectivity index is 2.60. The molecule has 0 spiro atoms. The van der Waals surface area contributed by atoms with Crippen molar-refractivity contribution in [3.05, 3.63) is 21.0 Å². The lowest BCUT2D eigenvalue weighted by atomic mass is 9.88. The molecule has 102 valence electrons. The number of nitrogens with one attached hydrogen (secondary N) is 2. The summed E-state index contributed by atoms with van der Waals surface area (Å²) in [5.41, 5.74) is -0.915. The first-order valence-electron chi connectivity index (χ1n) is 6.01. The summed E-state index contributed by atoms with van der Waals surface area (Å²) in [6.07, 6.45) is 1.29. The Morgan fingerprint density at radius 3 is 2.22 bits per heavy atom. The van der Waals surface area contributed by atoms with Crippen LogP contribution in [0.1, 0.15) is 33.1 Å². The van der Waals surface area contributed by atoms with Crippen molar-refractivity contribution in [3.63, 3.8) is 0 Å². The first kappa shape index (κ1) is 14.3. The minimum Gasteiger partial charge on any atom is -0.481 e. The summed E-state index contributed by atoms with van der Waals surface area (Å²) in [4.78, 5) is 33.1. The maximum Gasteiger partial charge on any atom is 0.344 e. The van der Waals surface area contributed by atoms with Crippen LogP contribution in [0.3, 0.4) is 0 Å². The molecule has 1 unspecified atom stereocenters. The van der Waals surface area contributed by atoms with Crippen LogP contribution in [0.15, 0.2) is 9.59 Å². The van der Waals surface area contributed by atoms with Gasteiger partial charge < -0.3 is 5.11 Å². The van der Waals surface area contributed by atoms with E-state index < -0.39 is 17.3 Å². The summed E-state index contributed by atoms with van der Waals surface area (Å²) in [5.74, 6) is -0.322. The fourth-order valence-electron chi connectivity index (χ4n) is 1.95. The molecule has 0 aliphatic heterocycles. The average molecular weight is 257 g/mol. The van der Waals surface area contributed by atoms with E-state index in [9.17, 15) is 14.4 Å². The first-order chi connectivity index (χ1) is 8.41. The molecule has 0 saturated carbocycles. The third-order valence-electron chi connectivity index (χ3n) is 3.16. The highest BCUT2D eigenvalue weighted by molar-refractivity contribution is 5.66. The fourth-order valence-corrected chi connectivity index (χ4v) is 1.95. The maximum absolute atomic E-state index is 11.3. The summed E-state index contributed by atoms with van der Waals surface area (Å²) in [6, 6.07) is 0. The summed E-state index contributed by atoms with van der Waals surface area (Å²) in [6.45, 7) is 4.33. The van der Waals surface area contributed by atoms with Crippen LogP contribution in [0.25, 0.3) is 0 Å². The van der Waals surface area contributed by atoms with Crippen molar-refractivity contribution in [2.75, 3.05) is 0 Å². The van der Waals surface area contributed by atoms with Gasteiger partial charge in [-0.3, -0.25) is 4.79 Å². The molecule has 0 aromatic carbocycles. The van der Waals surface area contributed by atoms with Gasteiger partial charge in [0.05, 0.1) is 0 Å². The molecule has 0 saturated heterocycles. The van der Waals surface area contributed by atoms with Gasteiger partial charge in [0.15, 0.2) is 0 Å². The molecule has 0 amide bonds. The standard InChI is InChI=1S/C11H19N3O4/c1-7(2)8(3-4-9(15)16)5-6-14-10(17)12-13-11(14)18/h7-8H,3-6H2,1-2H3,(H,12,17)(H,13,18)(H,15,16). The monoisotopic (exact) mass is 257 g/mol. The van der Waals surface area contributed by atoms with E-state index >= 15 is 0 Å². The van der Waals surface area contributed by atoms with E-state index in [1.54, 1.807) is 0 Å². The van der Waals surface area contributed by atoms with Crippen LogP contribution < -0.4 is 11.4 Å². The zero-order chi connectivity index (χ0) is 13.7. The SMILES string of the molecule is CC(C)C(CCC(=O)O)CCn1c(=O)[nH][nH]c1=O. The van der Waals surface area contributed by atoms with Crippen LogP contribution in [-0.4, -0.2) is 25.8 Å². The van der Waals surface area contributed by atoms with Crippen molar-refractivity contribution in [1.29, 1.82) is 0 Å². The Kier molecular flexibility index (Phi) is 4.94. The number of nitrogens with zero attached hydrogens (tertiary/aromatic N) is 1. The highest BCUT2D eigenvalue weighted by atomic mass is 16.4. The van der Waals surface area contributed by atoms with E-state index in [-0.39, 0.29) is 12.3 Å². The van der Waals surface area contributed by atoms with Crippen LogP contribution in [0.2, 0.25) is 0 Å². The van der Waals surface area contributed by atoms with Gasteiger partial charge in [-0.15, -0.1) is 0 Å². The van der Waals surface area contributed by atoms with Gasteiger partial charge in [-0.1, -0.05) is 13.8 Å². The summed E-state index contributed by atoms with van der Waals surface area (Å²) in [5, 5.41) is 13.1. The third kappa shape index (κ3) is 3.90. The lowest BCUT2D eigenvalue weighted by Gasteiger charge is -2.19. The van der Waals surface area contributed by atoms with Crippen molar-refractivity contribution < 1.29 is 9.90 Å². The highest BCUT2D eigenvalue weighted by Gasteiger charge is 2.16. The number of carboxylic acids is 1. The molecule has 18 heavy (non-hydrogen) atoms. The number of aromatic amines is 2. The van der Waals surface area contributed by atoms with Crippen molar-refractivity contribution in [3.8, 4) is 0 Å². The molecule has 0 radical (unpaired) electrons. The summed E-state index contributed by atoms with van der Waals surface area (Å²) < 4.78 is 1.09. The van der Waals surface area contributed by atoms with Gasteiger partial charge >= 0.3 is 17.3 Å². The second-order valence-corrected chi connectivity index (χ2v) is 4.74. The Morgan fingerprint density at radius 2 is 1.78 bits per heavy atom. The molecule has 1 aromatic heterocycles. The molecular formula is C11H19N3O4. The van der Waals surface area contributed by atoms with Gasteiger partial charge in [0.2, 0.25) is 0 Å². The molecule has 0 fully saturated rings. The third-order valence-corrected chi connectivity index (χ3v) is 3.16. The molecule has 7 heteroatoms. The number of hydrogen-bond acceptors (Lipinski definition) is 3. The van der Waals surface area contributed by atoms with E-state index in [1.807, 2.05) is 13.8 Å². The fraction of sp³-hybridized carbons (Fsp3) is 0.727. The number of rotatable bonds is 7. The normalized spacial score (nSPS) is 12.8. The first-order valence-corrected chi connectivity index (χ1v) is 6.01. The zero-order valence-corrected chi connectivity index (χ0v) is 10.6. The Morgan fingerprint density at radius 1 is 1.22 bits per heavy atom. The van der Waals surface area contributed by atoms with Gasteiger partial charge in [0.25, 0.3) is 0 Å². The highest BCUT2D eigenvalue weighted by Crippen LogP contribution is 2.21. The summed E-state index contributed by atoms with van der Waals surface area (Å²) >= 11 is 0. The lowest BCUT2D eigenvalue weighted by Crippen LogP contribution is -2.28. The zero-order valence-electron chi connectivity index (χ0n) is 10.6. The van der Waals surface area contributed by atoms with Gasteiger partial charge in [-0.2, -0.15) is 0 Å². The summed E-state index contributed by atoms with van der Waals surface area (Å²) in [7, 11) is 0. The lowest BCUT2D eigenvalue weighted by molar-refractivity contribution is -0.137. The predicted octanol–water partition coefficient (Wildman–Crippen LogP) is 0.392. The average Bonchev–Trinajstić information content (AvgIpc) is 2.59. The molecule has 1 atom stereocenters. The second kappa shape index (κ2) is 6.23. The van der Waals surface area contributed by atoms with Crippen molar-refractivity contribution >= 4 is 5.97 Å². The number of carboxylic acid groups (broad SMARTS) is 1. The quantitative estimate of drug-likeness (QED) is 0.656. The maximum atomic E-state index is 11.3. The van der Waals surface area contributed by atoms with Crippen LogP contribution >= 0.6 is 0 Å². The van der Waals surface area contributed by atoms with Gasteiger partial charge in [-0.05, 0) is 24.7 Å². The molecule has 1 heterocycles. The minimum atomic E-state index is -0.822. The number of hydrogen-bond donors (Lipinski definition) is 3. The topological polar surface area (TPSA) is 108 Å². The van der Waals surface area contributed by atoms with E-state index in [2.05, 4.69) is 10.2 Å². The Labute approximate surface area is 104 Å². The largest absolute Gasteiger partial charge is 0.481 e. The Bertz CT molecular complexity index is 469. The molecule has 3 N–H and O–H groups in total. The number of aliphatic carboxylic acids is 1.